The molecule has 0 atom stereocenters. The van der Waals surface area contributed by atoms with E-state index in [9.17, 15) is 0 Å². The Morgan fingerprint density at radius 2 is 0.867 bits per heavy atom. The van der Waals surface area contributed by atoms with E-state index >= 15 is 0 Å². The van der Waals surface area contributed by atoms with Crippen LogP contribution in [0.2, 0.25) is 9.94 Å². The van der Waals surface area contributed by atoms with E-state index in [1.807, 2.05) is 0 Å². The number of rotatable bonds is 4. The van der Waals surface area contributed by atoms with E-state index in [1.54, 1.807) is 0 Å². The van der Waals surface area contributed by atoms with Crippen LogP contribution in [-0.2, 0) is 0 Å². The van der Waals surface area contributed by atoms with Crippen LogP contribution in [0.15, 0.2) is 13.5 Å². The van der Waals surface area contributed by atoms with E-state index < -0.39 is 16.5 Å². The Morgan fingerprint density at radius 3 is 1.00 bits per heavy atom. The van der Waals surface area contributed by atoms with E-state index in [0.29, 0.717) is 0 Å². The van der Waals surface area contributed by atoms with Crippen LogP contribution >= 0.6 is 0 Å². The fraction of sp³-hybridized carbons (Fsp3) is 1.00. The molecule has 0 aromatic rings. The predicted octanol–water partition coefficient (Wildman–Crippen LogP) is 3.83. The first-order valence-electron chi connectivity index (χ1n) is 3.15. The summed E-state index contributed by atoms with van der Waals surface area (Å²) < 4.78 is 12.8. The van der Waals surface area contributed by atoms with Crippen molar-refractivity contribution in [2.45, 2.75) is 9.94 Å². The van der Waals surface area contributed by atoms with Crippen LogP contribution < -0.4 is 0 Å². The summed E-state index contributed by atoms with van der Waals surface area (Å²) in [6, 6.07) is 0. The van der Waals surface area contributed by atoms with Gasteiger partial charge in [0.2, 0.25) is 0 Å². The Labute approximate surface area is 82.0 Å². The van der Waals surface area contributed by atoms with Gasteiger partial charge in [0.1, 0.15) is 0 Å². The molecule has 0 rings (SSSR count). The number of hydrogen-bond acceptors (Lipinski definition) is 4. The first-order chi connectivity index (χ1) is 6.80. The van der Waals surface area contributed by atoms with Gasteiger partial charge in [-0.05, 0) is 0 Å². The molecule has 0 bridgehead atoms. The third-order valence-electron chi connectivity index (χ3n) is 1.24. The normalized spacial score (nSPS) is 13.7. The molecule has 0 N–H and O–H groups in total. The van der Waals surface area contributed by atoms with Gasteiger partial charge >= 0.3 is 81.7 Å². The second kappa shape index (κ2) is 3.31. The first kappa shape index (κ1) is 13.0. The monoisotopic (exact) mass is 328 g/mol. The van der Waals surface area contributed by atoms with Gasteiger partial charge in [0.15, 0.2) is 0 Å². The van der Waals surface area contributed by atoms with E-state index in [1.165, 1.54) is 0 Å². The van der Waals surface area contributed by atoms with Crippen LogP contribution in [0.1, 0.15) is 0 Å². The van der Waals surface area contributed by atoms with Crippen molar-refractivity contribution in [1.82, 2.24) is 0 Å². The third-order valence-corrected chi connectivity index (χ3v) is 8.30. The van der Waals surface area contributed by atoms with Gasteiger partial charge in [-0.3, -0.25) is 0 Å². The summed E-state index contributed by atoms with van der Waals surface area (Å²) in [6.07, 6.45) is 0. The van der Waals surface area contributed by atoms with Crippen molar-refractivity contribution in [2.75, 3.05) is 0 Å². The molecule has 15 heavy (non-hydrogen) atoms. The molecule has 0 aliphatic rings. The van der Waals surface area contributed by atoms with Crippen molar-refractivity contribution < 1.29 is 0 Å². The molecule has 0 heterocycles. The Hall–Kier alpha value is -1.97. The zero-order chi connectivity index (χ0) is 12.1. The minimum atomic E-state index is -5.79. The van der Waals surface area contributed by atoms with Crippen molar-refractivity contribution in [3.8, 4) is 0 Å². The van der Waals surface area contributed by atoms with Crippen LogP contribution in [-0.4, -0.2) is 16.5 Å². The fourth-order valence-electron chi connectivity index (χ4n) is 0.586. The molecule has 0 amide bonds. The van der Waals surface area contributed by atoms with Crippen molar-refractivity contribution >= 4 is 16.5 Å². The van der Waals surface area contributed by atoms with Crippen LogP contribution in [0.5, 0.6) is 0 Å². The third kappa shape index (κ3) is 2.49. The average Bonchev–Trinajstić information content (AvgIpc) is 2.04. The van der Waals surface area contributed by atoms with Crippen molar-refractivity contribution in [2.24, 2.45) is 13.5 Å². The summed E-state index contributed by atoms with van der Waals surface area (Å²) in [6.45, 7) is 0. The second-order valence-corrected chi connectivity index (χ2v) is 18.4. The summed E-state index contributed by atoms with van der Waals surface area (Å²) in [5, 5.41) is 0. The Morgan fingerprint density at radius 1 is 0.667 bits per heavy atom. The van der Waals surface area contributed by atoms with Crippen LogP contribution in [0.25, 0.3) is 41.8 Å². The van der Waals surface area contributed by atoms with E-state index in [0.717, 1.165) is 9.94 Å². The van der Waals surface area contributed by atoms with Gasteiger partial charge in [-0.1, -0.05) is 0 Å². The molecule has 0 aromatic carbocycles. The average molecular weight is 326 g/mol. The predicted molar refractivity (Wildman–Crippen MR) is 54.1 cm³/mol. The Balaban J connectivity index is 6.67. The second-order valence-electron chi connectivity index (χ2n) is 3.04. The summed E-state index contributed by atoms with van der Waals surface area (Å²) >= 11 is -5.79. The molecule has 0 saturated carbocycles. The van der Waals surface area contributed by atoms with Crippen LogP contribution in [0, 0.1) is 0 Å². The summed E-state index contributed by atoms with van der Waals surface area (Å²) in [5.41, 5.74) is 33.5. The van der Waals surface area contributed by atoms with Gasteiger partial charge in [0, 0.05) is 0 Å². The summed E-state index contributed by atoms with van der Waals surface area (Å²) in [5.74, 6) is 0. The molecule has 12 nitrogen and oxygen atoms in total. The zero-order valence-electron chi connectivity index (χ0n) is 7.77. The standard InChI is InChI=1S/C2H6N12Te/c1-15(2,11-7-3,12-8-4,13-9-5)14-10-6/h1-2H3. The van der Waals surface area contributed by atoms with Gasteiger partial charge < -0.3 is 0 Å². The summed E-state index contributed by atoms with van der Waals surface area (Å²) in [4.78, 5) is 11.9. The first-order valence-corrected chi connectivity index (χ1v) is 12.0. The maximum absolute atomic E-state index is 8.37. The molecule has 0 aliphatic heterocycles. The number of nitrogens with zero attached hydrogens (tertiary/aromatic N) is 12. The van der Waals surface area contributed by atoms with Gasteiger partial charge in [-0.25, -0.2) is 0 Å². The van der Waals surface area contributed by atoms with Gasteiger partial charge in [0.25, 0.3) is 0 Å². The molecule has 0 aromatic heterocycles. The van der Waals surface area contributed by atoms with Crippen molar-refractivity contribution in [1.29, 1.82) is 0 Å². The van der Waals surface area contributed by atoms with E-state index in [2.05, 4.69) is 33.1 Å². The molecule has 0 aliphatic carbocycles. The topological polar surface area (TPSA) is 195 Å². The Kier molecular flexibility index (Phi) is 2.87. The fourth-order valence-corrected chi connectivity index (χ4v) is 3.93. The molecule has 0 unspecified atom stereocenters. The SMILES string of the molecule is C[Te](C)(N=[N+]=[N-])(N=[N+]=[N-])(N=[N+]=[N-])N=[N+]=[N-]. The van der Waals surface area contributed by atoms with Gasteiger partial charge in [-0.2, -0.15) is 0 Å². The van der Waals surface area contributed by atoms with Crippen LogP contribution in [0.4, 0.5) is 0 Å². The zero-order valence-corrected chi connectivity index (χ0v) is 10.1. The molecular weight excluding hydrogens is 320 g/mol. The molecule has 80 valence electrons. The van der Waals surface area contributed by atoms with E-state index in [-0.39, 0.29) is 0 Å². The molecule has 13 heteroatoms. The van der Waals surface area contributed by atoms with Crippen molar-refractivity contribution in [3.05, 3.63) is 41.8 Å². The maximum atomic E-state index is 8.37. The van der Waals surface area contributed by atoms with Gasteiger partial charge in [-0.15, -0.1) is 0 Å². The number of azide groups is 1. The minimum absolute atomic E-state index is 1.08. The quantitative estimate of drug-likeness (QED) is 0.313. The van der Waals surface area contributed by atoms with Crippen molar-refractivity contribution in [3.63, 3.8) is 0 Å². The molecule has 0 fully saturated rings. The van der Waals surface area contributed by atoms with Gasteiger partial charge in [0.05, 0.1) is 0 Å². The number of hydrogen-bond donors (Lipinski definition) is 0. The molecular formula is C2H6N12Te. The molecule has 0 spiro atoms. The molecule has 0 saturated heterocycles. The summed E-state index contributed by atoms with van der Waals surface area (Å²) in [7, 11) is 0. The van der Waals surface area contributed by atoms with E-state index in [4.69, 9.17) is 22.1 Å². The Bertz CT molecular complexity index is 392. The van der Waals surface area contributed by atoms with Crippen LogP contribution in [0.3, 0.4) is 0 Å². The molecule has 0 radical (unpaired) electrons.